The Morgan fingerprint density at radius 2 is 1.89 bits per heavy atom. The Bertz CT molecular complexity index is 605. The molecule has 0 saturated carbocycles. The summed E-state index contributed by atoms with van der Waals surface area (Å²) < 4.78 is 13.3. The van der Waals surface area contributed by atoms with Crippen LogP contribution in [-0.2, 0) is 0 Å². The van der Waals surface area contributed by atoms with E-state index in [1.54, 1.807) is 42.5 Å². The molecule has 0 unspecified atom stereocenters. The van der Waals surface area contributed by atoms with Crippen molar-refractivity contribution in [3.63, 3.8) is 0 Å². The van der Waals surface area contributed by atoms with Gasteiger partial charge in [-0.2, -0.15) is 0 Å². The SMILES string of the molecule is O=C(C=Cc1ccccc1F)c1cccc(Cl)c1. The summed E-state index contributed by atoms with van der Waals surface area (Å²) in [7, 11) is 0. The summed E-state index contributed by atoms with van der Waals surface area (Å²) in [6, 6.07) is 12.9. The molecule has 2 aromatic rings. The van der Waals surface area contributed by atoms with Crippen LogP contribution < -0.4 is 0 Å². The third kappa shape index (κ3) is 3.05. The zero-order valence-electron chi connectivity index (χ0n) is 9.44. The first-order valence-corrected chi connectivity index (χ1v) is 5.77. The van der Waals surface area contributed by atoms with Crippen LogP contribution in [0.1, 0.15) is 15.9 Å². The molecule has 0 heterocycles. The van der Waals surface area contributed by atoms with E-state index in [1.807, 2.05) is 0 Å². The van der Waals surface area contributed by atoms with Gasteiger partial charge in [0, 0.05) is 16.1 Å². The van der Waals surface area contributed by atoms with Crippen LogP contribution in [0.5, 0.6) is 0 Å². The van der Waals surface area contributed by atoms with Crippen LogP contribution in [0.25, 0.3) is 6.08 Å². The number of carbonyl (C=O) groups is 1. The van der Waals surface area contributed by atoms with Gasteiger partial charge in [-0.1, -0.05) is 41.9 Å². The fraction of sp³-hybridized carbons (Fsp3) is 0. The summed E-state index contributed by atoms with van der Waals surface area (Å²) in [5.41, 5.74) is 0.864. The molecule has 1 nitrogen and oxygen atoms in total. The molecule has 0 aliphatic carbocycles. The molecule has 0 radical (unpaired) electrons. The molecule has 2 aromatic carbocycles. The van der Waals surface area contributed by atoms with Crippen molar-refractivity contribution in [3.8, 4) is 0 Å². The first kappa shape index (κ1) is 12.5. The van der Waals surface area contributed by atoms with Gasteiger partial charge in [0.05, 0.1) is 0 Å². The maximum Gasteiger partial charge on any atom is 0.185 e. The molecule has 2 rings (SSSR count). The van der Waals surface area contributed by atoms with Crippen molar-refractivity contribution >= 4 is 23.5 Å². The van der Waals surface area contributed by atoms with Gasteiger partial charge in [-0.3, -0.25) is 4.79 Å². The van der Waals surface area contributed by atoms with Crippen molar-refractivity contribution in [1.82, 2.24) is 0 Å². The first-order chi connectivity index (χ1) is 8.66. The monoisotopic (exact) mass is 260 g/mol. The smallest absolute Gasteiger partial charge is 0.185 e. The first-order valence-electron chi connectivity index (χ1n) is 5.39. The molecule has 0 amide bonds. The Hall–Kier alpha value is -1.93. The zero-order valence-corrected chi connectivity index (χ0v) is 10.2. The third-order valence-corrected chi connectivity index (χ3v) is 2.66. The Kier molecular flexibility index (Phi) is 3.90. The predicted octanol–water partition coefficient (Wildman–Crippen LogP) is 4.38. The lowest BCUT2D eigenvalue weighted by atomic mass is 10.1. The maximum atomic E-state index is 13.3. The fourth-order valence-electron chi connectivity index (χ4n) is 1.51. The quantitative estimate of drug-likeness (QED) is 0.591. The van der Waals surface area contributed by atoms with Gasteiger partial charge in [0.1, 0.15) is 5.82 Å². The highest BCUT2D eigenvalue weighted by atomic mass is 35.5. The number of carbonyl (C=O) groups excluding carboxylic acids is 1. The van der Waals surface area contributed by atoms with Crippen LogP contribution >= 0.6 is 11.6 Å². The number of ketones is 1. The number of benzene rings is 2. The van der Waals surface area contributed by atoms with Crippen LogP contribution in [0.2, 0.25) is 5.02 Å². The second kappa shape index (κ2) is 5.61. The second-order valence-corrected chi connectivity index (χ2v) is 4.17. The molecule has 0 bridgehead atoms. The molecule has 0 fully saturated rings. The molecule has 3 heteroatoms. The molecule has 0 aliphatic heterocycles. The number of rotatable bonds is 3. The molecule has 0 aromatic heterocycles. The van der Waals surface area contributed by atoms with E-state index in [-0.39, 0.29) is 11.6 Å². The van der Waals surface area contributed by atoms with Crippen molar-refractivity contribution in [2.24, 2.45) is 0 Å². The van der Waals surface area contributed by atoms with E-state index in [9.17, 15) is 9.18 Å². The summed E-state index contributed by atoms with van der Waals surface area (Å²) in [5, 5.41) is 0.500. The van der Waals surface area contributed by atoms with Gasteiger partial charge in [0.15, 0.2) is 5.78 Å². The van der Waals surface area contributed by atoms with Gasteiger partial charge in [0.2, 0.25) is 0 Å². The van der Waals surface area contributed by atoms with E-state index in [0.717, 1.165) is 0 Å². The number of halogens is 2. The molecular weight excluding hydrogens is 251 g/mol. The minimum absolute atomic E-state index is 0.208. The van der Waals surface area contributed by atoms with Crippen molar-refractivity contribution in [2.45, 2.75) is 0 Å². The van der Waals surface area contributed by atoms with Crippen molar-refractivity contribution in [1.29, 1.82) is 0 Å². The largest absolute Gasteiger partial charge is 0.289 e. The average molecular weight is 261 g/mol. The lowest BCUT2D eigenvalue weighted by Gasteiger charge is -1.97. The Morgan fingerprint density at radius 1 is 1.11 bits per heavy atom. The van der Waals surface area contributed by atoms with Crippen molar-refractivity contribution < 1.29 is 9.18 Å². The topological polar surface area (TPSA) is 17.1 Å². The lowest BCUT2D eigenvalue weighted by Crippen LogP contribution is -1.93. The van der Waals surface area contributed by atoms with Gasteiger partial charge in [-0.05, 0) is 30.4 Å². The predicted molar refractivity (Wildman–Crippen MR) is 71.2 cm³/mol. The molecular formula is C15H10ClFO. The highest BCUT2D eigenvalue weighted by molar-refractivity contribution is 6.31. The summed E-state index contributed by atoms with van der Waals surface area (Å²) in [4.78, 5) is 11.8. The molecule has 0 aliphatic rings. The highest BCUT2D eigenvalue weighted by Crippen LogP contribution is 2.13. The number of hydrogen-bond donors (Lipinski definition) is 0. The maximum absolute atomic E-state index is 13.3. The Balaban J connectivity index is 2.20. The second-order valence-electron chi connectivity index (χ2n) is 3.73. The van der Waals surface area contributed by atoms with Crippen LogP contribution in [0.4, 0.5) is 4.39 Å². The van der Waals surface area contributed by atoms with Gasteiger partial charge in [0.25, 0.3) is 0 Å². The van der Waals surface area contributed by atoms with E-state index in [1.165, 1.54) is 18.2 Å². The third-order valence-electron chi connectivity index (χ3n) is 2.43. The Morgan fingerprint density at radius 3 is 2.61 bits per heavy atom. The van der Waals surface area contributed by atoms with Crippen molar-refractivity contribution in [2.75, 3.05) is 0 Å². The molecule has 90 valence electrons. The van der Waals surface area contributed by atoms with Gasteiger partial charge >= 0.3 is 0 Å². The molecule has 0 saturated heterocycles. The van der Waals surface area contributed by atoms with Gasteiger partial charge in [-0.25, -0.2) is 4.39 Å². The van der Waals surface area contributed by atoms with E-state index in [0.29, 0.717) is 16.1 Å². The highest BCUT2D eigenvalue weighted by Gasteiger charge is 2.02. The minimum atomic E-state index is -0.354. The Labute approximate surface area is 110 Å². The molecule has 0 N–H and O–H groups in total. The van der Waals surface area contributed by atoms with E-state index in [2.05, 4.69) is 0 Å². The molecule has 0 spiro atoms. The molecule has 18 heavy (non-hydrogen) atoms. The van der Waals surface area contributed by atoms with E-state index < -0.39 is 0 Å². The zero-order chi connectivity index (χ0) is 13.0. The number of allylic oxidation sites excluding steroid dienone is 1. The fourth-order valence-corrected chi connectivity index (χ4v) is 1.70. The van der Waals surface area contributed by atoms with Gasteiger partial charge < -0.3 is 0 Å². The van der Waals surface area contributed by atoms with Crippen molar-refractivity contribution in [3.05, 3.63) is 76.6 Å². The normalized spacial score (nSPS) is 10.8. The summed E-state index contributed by atoms with van der Waals surface area (Å²) in [5.74, 6) is -0.562. The van der Waals surface area contributed by atoms with Gasteiger partial charge in [-0.15, -0.1) is 0 Å². The minimum Gasteiger partial charge on any atom is -0.289 e. The number of hydrogen-bond acceptors (Lipinski definition) is 1. The van der Waals surface area contributed by atoms with E-state index in [4.69, 9.17) is 11.6 Å². The average Bonchev–Trinajstić information content (AvgIpc) is 2.37. The van der Waals surface area contributed by atoms with E-state index >= 15 is 0 Å². The summed E-state index contributed by atoms with van der Waals surface area (Å²) in [6.07, 6.45) is 2.79. The van der Waals surface area contributed by atoms with Crippen LogP contribution in [0, 0.1) is 5.82 Å². The summed E-state index contributed by atoms with van der Waals surface area (Å²) >= 11 is 5.79. The van der Waals surface area contributed by atoms with Crippen LogP contribution in [0.3, 0.4) is 0 Å². The lowest BCUT2D eigenvalue weighted by molar-refractivity contribution is 0.104. The molecule has 0 atom stereocenters. The van der Waals surface area contributed by atoms with Crippen LogP contribution in [0.15, 0.2) is 54.6 Å². The van der Waals surface area contributed by atoms with Crippen LogP contribution in [-0.4, -0.2) is 5.78 Å². The summed E-state index contributed by atoms with van der Waals surface area (Å²) in [6.45, 7) is 0. The standard InChI is InChI=1S/C15H10ClFO/c16-13-6-3-5-12(10-13)15(18)9-8-11-4-1-2-7-14(11)17/h1-10H.